The summed E-state index contributed by atoms with van der Waals surface area (Å²) in [6.45, 7) is 4.17. The highest BCUT2D eigenvalue weighted by Gasteiger charge is 2.29. The summed E-state index contributed by atoms with van der Waals surface area (Å²) in [5.74, 6) is -0.926. The summed E-state index contributed by atoms with van der Waals surface area (Å²) in [5.41, 5.74) is 2.60. The van der Waals surface area contributed by atoms with Crippen molar-refractivity contribution in [2.75, 3.05) is 20.1 Å². The van der Waals surface area contributed by atoms with E-state index in [-0.39, 0.29) is 46.4 Å². The molecule has 1 atom stereocenters. The number of aliphatic carboxylic acids is 1. The Morgan fingerprint density at radius 2 is 1.71 bits per heavy atom. The molecule has 0 radical (unpaired) electrons. The monoisotopic (exact) mass is 621 g/mol. The lowest BCUT2D eigenvalue weighted by Gasteiger charge is -2.29. The van der Waals surface area contributed by atoms with E-state index < -0.39 is 22.1 Å². The molecule has 0 aliphatic heterocycles. The minimum atomic E-state index is -4.12. The van der Waals surface area contributed by atoms with Gasteiger partial charge in [0.1, 0.15) is 4.90 Å². The number of carboxylic acid groups (broad SMARTS) is 1. The first-order valence-electron chi connectivity index (χ1n) is 13.4. The summed E-state index contributed by atoms with van der Waals surface area (Å²) in [7, 11) is -2.75. The average molecular weight is 623 g/mol. The van der Waals surface area contributed by atoms with Crippen LogP contribution in [0.5, 0.6) is 0 Å². The number of hydrogen-bond donors (Lipinski definition) is 3. The van der Waals surface area contributed by atoms with Crippen LogP contribution in [0.1, 0.15) is 44.4 Å². The lowest BCUT2D eigenvalue weighted by atomic mass is 9.95. The van der Waals surface area contributed by atoms with Crippen molar-refractivity contribution in [1.82, 2.24) is 14.6 Å². The second-order valence-corrected chi connectivity index (χ2v) is 13.5. The van der Waals surface area contributed by atoms with E-state index >= 15 is 0 Å². The van der Waals surface area contributed by atoms with Crippen LogP contribution in [-0.2, 0) is 27.7 Å². The first kappa shape index (κ1) is 33.0. The number of aliphatic hydroxyl groups excluding tert-OH is 1. The van der Waals surface area contributed by atoms with Crippen LogP contribution in [0.2, 0.25) is 10.0 Å². The lowest BCUT2D eigenvalue weighted by molar-refractivity contribution is -0.136. The van der Waals surface area contributed by atoms with E-state index in [2.05, 4.69) is 36.3 Å². The highest BCUT2D eigenvalue weighted by Crippen LogP contribution is 2.36. The first-order valence-corrected chi connectivity index (χ1v) is 15.6. The van der Waals surface area contributed by atoms with Crippen molar-refractivity contribution >= 4 is 39.2 Å². The number of rotatable bonds is 15. The number of aryl methyl sites for hydroxylation is 2. The molecule has 0 saturated carbocycles. The molecule has 3 rings (SSSR count). The molecule has 0 unspecified atom stereocenters. The van der Waals surface area contributed by atoms with Gasteiger partial charge in [-0.3, -0.25) is 9.78 Å². The second-order valence-electron chi connectivity index (χ2n) is 10.7. The van der Waals surface area contributed by atoms with Crippen LogP contribution in [0.15, 0.2) is 65.6 Å². The fourth-order valence-electron chi connectivity index (χ4n) is 4.45. The zero-order valence-electron chi connectivity index (χ0n) is 23.5. The molecule has 222 valence electrons. The maximum Gasteiger partial charge on any atom is 0.303 e. The van der Waals surface area contributed by atoms with Crippen LogP contribution in [0.4, 0.5) is 0 Å². The van der Waals surface area contributed by atoms with Crippen LogP contribution in [0.3, 0.4) is 0 Å². The number of β-amino-alcohol motifs (C(OH)–C–C–N with tert-alkyl or cyclic N) is 1. The number of sulfonamides is 1. The normalized spacial score (nSPS) is 13.0. The minimum Gasteiger partial charge on any atom is -0.481 e. The summed E-state index contributed by atoms with van der Waals surface area (Å²) in [4.78, 5) is 15.1. The number of carbonyl (C=O) groups is 1. The van der Waals surface area contributed by atoms with Gasteiger partial charge < -0.3 is 15.5 Å². The fourth-order valence-corrected chi connectivity index (χ4v) is 6.81. The Hall–Kier alpha value is -2.53. The van der Waals surface area contributed by atoms with E-state index in [1.54, 1.807) is 18.2 Å². The van der Waals surface area contributed by atoms with Crippen molar-refractivity contribution in [2.24, 2.45) is 0 Å². The number of halogens is 2. The molecule has 0 saturated heterocycles. The van der Waals surface area contributed by atoms with Gasteiger partial charge in [0.25, 0.3) is 0 Å². The molecule has 0 amide bonds. The Morgan fingerprint density at radius 1 is 1.05 bits per heavy atom. The van der Waals surface area contributed by atoms with Crippen LogP contribution >= 0.6 is 23.2 Å². The van der Waals surface area contributed by atoms with Gasteiger partial charge in [0.05, 0.1) is 28.3 Å². The van der Waals surface area contributed by atoms with Crippen molar-refractivity contribution in [3.8, 4) is 11.3 Å². The van der Waals surface area contributed by atoms with E-state index in [0.717, 1.165) is 23.6 Å². The Labute approximate surface area is 252 Å². The van der Waals surface area contributed by atoms with Crippen molar-refractivity contribution in [3.63, 3.8) is 0 Å². The standard InChI is InChI=1S/C30H37Cl2N3O5S/c1-30(2,16-8-11-21-9-5-4-6-10-21)33-19-24(36)20-35(3)41(39,40)29-25(31)17-22(18-26(29)32)27-13-7-12-23(34-27)14-15-28(37)38/h4-7,9-10,12-13,17-18,24,33,36H,8,11,14-16,19-20H2,1-3H3,(H,37,38)/t24-/m1/s1. The van der Waals surface area contributed by atoms with Crippen molar-refractivity contribution in [2.45, 2.75) is 62.5 Å². The zero-order valence-corrected chi connectivity index (χ0v) is 25.8. The maximum absolute atomic E-state index is 13.4. The molecule has 3 N–H and O–H groups in total. The van der Waals surface area contributed by atoms with Gasteiger partial charge in [-0.25, -0.2) is 8.42 Å². The number of nitrogens with zero attached hydrogens (tertiary/aromatic N) is 2. The quantitative estimate of drug-likeness (QED) is 0.206. The van der Waals surface area contributed by atoms with E-state index in [1.165, 1.54) is 24.7 Å². The molecule has 0 aliphatic rings. The Kier molecular flexibility index (Phi) is 11.7. The van der Waals surface area contributed by atoms with E-state index in [0.29, 0.717) is 17.0 Å². The lowest BCUT2D eigenvalue weighted by Crippen LogP contribution is -2.46. The van der Waals surface area contributed by atoms with Gasteiger partial charge >= 0.3 is 5.97 Å². The average Bonchev–Trinajstić information content (AvgIpc) is 2.91. The maximum atomic E-state index is 13.4. The van der Waals surface area contributed by atoms with Crippen LogP contribution in [-0.4, -0.2) is 65.7 Å². The summed E-state index contributed by atoms with van der Waals surface area (Å²) in [6.07, 6.45) is 2.06. The summed E-state index contributed by atoms with van der Waals surface area (Å²) >= 11 is 12.9. The molecule has 41 heavy (non-hydrogen) atoms. The zero-order chi connectivity index (χ0) is 30.2. The topological polar surface area (TPSA) is 120 Å². The first-order chi connectivity index (χ1) is 19.3. The molecule has 8 nitrogen and oxygen atoms in total. The Bertz CT molecular complexity index is 1410. The summed E-state index contributed by atoms with van der Waals surface area (Å²) in [5, 5.41) is 22.8. The van der Waals surface area contributed by atoms with Gasteiger partial charge in [-0.05, 0) is 62.9 Å². The van der Waals surface area contributed by atoms with Crippen LogP contribution in [0, 0.1) is 0 Å². The van der Waals surface area contributed by atoms with E-state index in [1.807, 2.05) is 18.2 Å². The molecule has 2 aromatic carbocycles. The Balaban J connectivity index is 1.62. The highest BCUT2D eigenvalue weighted by atomic mass is 35.5. The smallest absolute Gasteiger partial charge is 0.303 e. The SMILES string of the molecule is CN(C[C@H](O)CNC(C)(C)CCCc1ccccc1)S(=O)(=O)c1c(Cl)cc(-c2cccc(CCC(=O)O)n2)cc1Cl. The number of aromatic nitrogens is 1. The van der Waals surface area contributed by atoms with Gasteiger partial charge in [-0.1, -0.05) is 59.6 Å². The predicted octanol–water partition coefficient (Wildman–Crippen LogP) is 5.45. The number of aliphatic hydroxyl groups is 1. The second kappa shape index (κ2) is 14.6. The number of nitrogens with one attached hydrogen (secondary N) is 1. The summed E-state index contributed by atoms with van der Waals surface area (Å²) in [6, 6.07) is 18.3. The molecule has 0 spiro atoms. The molecular formula is C30H37Cl2N3O5S. The van der Waals surface area contributed by atoms with Gasteiger partial charge in [0.15, 0.2) is 0 Å². The molecule has 3 aromatic rings. The molecule has 0 bridgehead atoms. The summed E-state index contributed by atoms with van der Waals surface area (Å²) < 4.78 is 27.8. The molecule has 11 heteroatoms. The van der Waals surface area contributed by atoms with Gasteiger partial charge in [0.2, 0.25) is 10.0 Å². The highest BCUT2D eigenvalue weighted by molar-refractivity contribution is 7.89. The van der Waals surface area contributed by atoms with Gasteiger partial charge in [0, 0.05) is 43.4 Å². The van der Waals surface area contributed by atoms with Crippen molar-refractivity contribution in [1.29, 1.82) is 0 Å². The molecular weight excluding hydrogens is 585 g/mol. The van der Waals surface area contributed by atoms with Crippen molar-refractivity contribution < 1.29 is 23.4 Å². The molecule has 0 fully saturated rings. The van der Waals surface area contributed by atoms with Gasteiger partial charge in [-0.2, -0.15) is 4.31 Å². The number of benzene rings is 2. The minimum absolute atomic E-state index is 0.0609. The number of likely N-dealkylation sites (N-methyl/N-ethyl adjacent to an activating group) is 1. The van der Waals surface area contributed by atoms with Crippen molar-refractivity contribution in [3.05, 3.63) is 82.0 Å². The Morgan fingerprint density at radius 3 is 2.34 bits per heavy atom. The fraction of sp³-hybridized carbons (Fsp3) is 0.400. The van der Waals surface area contributed by atoms with E-state index in [4.69, 9.17) is 28.3 Å². The number of pyridine rings is 1. The van der Waals surface area contributed by atoms with Crippen LogP contribution < -0.4 is 5.32 Å². The molecule has 0 aliphatic carbocycles. The van der Waals surface area contributed by atoms with Gasteiger partial charge in [-0.15, -0.1) is 0 Å². The molecule has 1 aromatic heterocycles. The van der Waals surface area contributed by atoms with Crippen LogP contribution in [0.25, 0.3) is 11.3 Å². The third-order valence-electron chi connectivity index (χ3n) is 6.76. The largest absolute Gasteiger partial charge is 0.481 e. The molecule has 1 heterocycles. The third kappa shape index (κ3) is 9.77. The number of carboxylic acids is 1. The number of hydrogen-bond acceptors (Lipinski definition) is 6. The van der Waals surface area contributed by atoms with E-state index in [9.17, 15) is 18.3 Å². The predicted molar refractivity (Wildman–Crippen MR) is 163 cm³/mol. The third-order valence-corrected chi connectivity index (χ3v) is 9.50.